The Morgan fingerprint density at radius 3 is 2.73 bits per heavy atom. The van der Waals surface area contributed by atoms with Crippen LogP contribution >= 0.6 is 0 Å². The van der Waals surface area contributed by atoms with Gasteiger partial charge >= 0.3 is 5.97 Å². The van der Waals surface area contributed by atoms with Crippen LogP contribution in [0.15, 0.2) is 24.3 Å². The van der Waals surface area contributed by atoms with Crippen molar-refractivity contribution >= 4 is 22.6 Å². The number of aryl methyl sites for hydroxylation is 1. The number of ether oxygens (including phenoxy) is 1. The maximum absolute atomic E-state index is 11.8. The summed E-state index contributed by atoms with van der Waals surface area (Å²) in [6, 6.07) is 6.34. The minimum absolute atomic E-state index is 0.00323. The van der Waals surface area contributed by atoms with Gasteiger partial charge in [-0.25, -0.2) is 0 Å². The Hall–Kier alpha value is -2.50. The number of fused-ring (bicyclic) bond motifs is 1. The van der Waals surface area contributed by atoms with Crippen LogP contribution in [0.4, 0.5) is 5.69 Å². The van der Waals surface area contributed by atoms with Crippen LogP contribution in [-0.4, -0.2) is 22.5 Å². The number of nitro benzene ring substituents is 1. The van der Waals surface area contributed by atoms with E-state index in [1.165, 1.54) is 12.1 Å². The minimum Gasteiger partial charge on any atom is -0.465 e. The number of rotatable bonds is 5. The lowest BCUT2D eigenvalue weighted by atomic mass is 10.1. The summed E-state index contributed by atoms with van der Waals surface area (Å²) in [6.45, 7) is 6.13. The molecule has 0 saturated carbocycles. The molecule has 2 rings (SSSR count). The summed E-state index contributed by atoms with van der Waals surface area (Å²) in [5, 5.41) is 11.6. The SMILES string of the molecule is Cc1nc2cc([N+](=O)[O-])ccc2cc1CC(=O)OCC(C)C. The van der Waals surface area contributed by atoms with Crippen molar-refractivity contribution in [2.75, 3.05) is 6.61 Å². The molecule has 1 heterocycles. The van der Waals surface area contributed by atoms with Gasteiger partial charge < -0.3 is 4.74 Å². The molecular weight excluding hydrogens is 284 g/mol. The topological polar surface area (TPSA) is 82.3 Å². The Morgan fingerprint density at radius 2 is 2.09 bits per heavy atom. The first-order valence-corrected chi connectivity index (χ1v) is 7.07. The van der Waals surface area contributed by atoms with Crippen molar-refractivity contribution in [2.45, 2.75) is 27.2 Å². The molecule has 0 aliphatic rings. The quantitative estimate of drug-likeness (QED) is 0.481. The fourth-order valence-electron chi connectivity index (χ4n) is 2.05. The molecule has 0 aliphatic heterocycles. The second-order valence-corrected chi connectivity index (χ2v) is 5.62. The monoisotopic (exact) mass is 302 g/mol. The number of pyridine rings is 1. The number of esters is 1. The van der Waals surface area contributed by atoms with E-state index in [1.54, 1.807) is 13.0 Å². The molecule has 0 atom stereocenters. The molecule has 2 aromatic rings. The van der Waals surface area contributed by atoms with Gasteiger partial charge in [0, 0.05) is 23.2 Å². The zero-order chi connectivity index (χ0) is 16.3. The average Bonchev–Trinajstić information content (AvgIpc) is 2.45. The molecule has 0 unspecified atom stereocenters. The van der Waals surface area contributed by atoms with Gasteiger partial charge in [-0.3, -0.25) is 19.9 Å². The molecule has 0 fully saturated rings. The number of non-ortho nitro benzene ring substituents is 1. The van der Waals surface area contributed by atoms with E-state index in [0.717, 1.165) is 10.9 Å². The Morgan fingerprint density at radius 1 is 1.36 bits per heavy atom. The van der Waals surface area contributed by atoms with Crippen molar-refractivity contribution in [2.24, 2.45) is 5.92 Å². The average molecular weight is 302 g/mol. The van der Waals surface area contributed by atoms with Gasteiger partial charge in [-0.2, -0.15) is 0 Å². The lowest BCUT2D eigenvalue weighted by molar-refractivity contribution is -0.384. The second-order valence-electron chi connectivity index (χ2n) is 5.62. The third-order valence-electron chi connectivity index (χ3n) is 3.22. The number of carbonyl (C=O) groups excluding carboxylic acids is 1. The highest BCUT2D eigenvalue weighted by Gasteiger charge is 2.12. The fraction of sp³-hybridized carbons (Fsp3) is 0.375. The molecule has 0 radical (unpaired) electrons. The van der Waals surface area contributed by atoms with Gasteiger partial charge in [-0.05, 0) is 30.5 Å². The maximum Gasteiger partial charge on any atom is 0.310 e. The van der Waals surface area contributed by atoms with Crippen molar-refractivity contribution in [3.8, 4) is 0 Å². The highest BCUT2D eigenvalue weighted by molar-refractivity contribution is 5.83. The first kappa shape index (κ1) is 15.9. The van der Waals surface area contributed by atoms with Gasteiger partial charge in [0.05, 0.1) is 23.5 Å². The van der Waals surface area contributed by atoms with Crippen LogP contribution in [0.3, 0.4) is 0 Å². The van der Waals surface area contributed by atoms with Crippen LogP contribution in [0.1, 0.15) is 25.1 Å². The molecule has 0 saturated heterocycles. The summed E-state index contributed by atoms with van der Waals surface area (Å²) in [5.74, 6) is 0.000172. The van der Waals surface area contributed by atoms with Crippen LogP contribution in [0.5, 0.6) is 0 Å². The predicted molar refractivity (Wildman–Crippen MR) is 82.6 cm³/mol. The lowest BCUT2D eigenvalue weighted by Crippen LogP contribution is -2.13. The highest BCUT2D eigenvalue weighted by Crippen LogP contribution is 2.22. The van der Waals surface area contributed by atoms with Crippen molar-refractivity contribution in [3.05, 3.63) is 45.6 Å². The highest BCUT2D eigenvalue weighted by atomic mass is 16.6. The van der Waals surface area contributed by atoms with E-state index in [2.05, 4.69) is 4.98 Å². The first-order chi connectivity index (χ1) is 10.4. The van der Waals surface area contributed by atoms with E-state index in [4.69, 9.17) is 4.74 Å². The van der Waals surface area contributed by atoms with E-state index in [-0.39, 0.29) is 18.1 Å². The van der Waals surface area contributed by atoms with Crippen LogP contribution in [0.25, 0.3) is 10.9 Å². The summed E-state index contributed by atoms with van der Waals surface area (Å²) in [4.78, 5) is 26.5. The Kier molecular flexibility index (Phi) is 4.70. The van der Waals surface area contributed by atoms with Crippen LogP contribution in [-0.2, 0) is 16.0 Å². The smallest absolute Gasteiger partial charge is 0.310 e. The molecule has 22 heavy (non-hydrogen) atoms. The van der Waals surface area contributed by atoms with Crippen molar-refractivity contribution in [3.63, 3.8) is 0 Å². The normalized spacial score (nSPS) is 10.9. The second kappa shape index (κ2) is 6.51. The number of nitro groups is 1. The van der Waals surface area contributed by atoms with Gasteiger partial charge in [0.15, 0.2) is 0 Å². The Labute approximate surface area is 128 Å². The molecule has 6 nitrogen and oxygen atoms in total. The van der Waals surface area contributed by atoms with Crippen molar-refractivity contribution in [1.82, 2.24) is 4.98 Å². The molecule has 116 valence electrons. The lowest BCUT2D eigenvalue weighted by Gasteiger charge is -2.09. The number of benzene rings is 1. The molecule has 0 amide bonds. The van der Waals surface area contributed by atoms with E-state index in [9.17, 15) is 14.9 Å². The zero-order valence-corrected chi connectivity index (χ0v) is 12.8. The third kappa shape index (κ3) is 3.78. The minimum atomic E-state index is -0.451. The molecule has 1 aromatic carbocycles. The number of hydrogen-bond acceptors (Lipinski definition) is 5. The van der Waals surface area contributed by atoms with Crippen molar-refractivity contribution in [1.29, 1.82) is 0 Å². The molecule has 0 N–H and O–H groups in total. The third-order valence-corrected chi connectivity index (χ3v) is 3.22. The summed E-state index contributed by atoms with van der Waals surface area (Å²) in [7, 11) is 0. The molecule has 1 aromatic heterocycles. The van der Waals surface area contributed by atoms with Crippen LogP contribution < -0.4 is 0 Å². The molecular formula is C16H18N2O4. The van der Waals surface area contributed by atoms with E-state index >= 15 is 0 Å². The van der Waals surface area contributed by atoms with Gasteiger partial charge in [0.25, 0.3) is 5.69 Å². The summed E-state index contributed by atoms with van der Waals surface area (Å²) in [6.07, 6.45) is 0.151. The van der Waals surface area contributed by atoms with Crippen LogP contribution in [0, 0.1) is 23.0 Å². The molecule has 0 bridgehead atoms. The molecule has 0 spiro atoms. The number of nitrogens with zero attached hydrogens (tertiary/aromatic N) is 2. The summed E-state index contributed by atoms with van der Waals surface area (Å²) in [5.41, 5.74) is 2.00. The van der Waals surface area contributed by atoms with E-state index < -0.39 is 4.92 Å². The number of hydrogen-bond donors (Lipinski definition) is 0. The van der Waals surface area contributed by atoms with E-state index in [0.29, 0.717) is 23.7 Å². The van der Waals surface area contributed by atoms with Crippen LogP contribution in [0.2, 0.25) is 0 Å². The molecule has 0 aliphatic carbocycles. The fourth-order valence-corrected chi connectivity index (χ4v) is 2.05. The predicted octanol–water partition coefficient (Wildman–Crippen LogP) is 3.19. The van der Waals surface area contributed by atoms with Gasteiger partial charge in [-0.15, -0.1) is 0 Å². The Balaban J connectivity index is 2.24. The Bertz CT molecular complexity index is 725. The zero-order valence-electron chi connectivity index (χ0n) is 12.8. The van der Waals surface area contributed by atoms with Crippen molar-refractivity contribution < 1.29 is 14.5 Å². The van der Waals surface area contributed by atoms with Gasteiger partial charge in [0.1, 0.15) is 0 Å². The largest absolute Gasteiger partial charge is 0.465 e. The van der Waals surface area contributed by atoms with Gasteiger partial charge in [0.2, 0.25) is 0 Å². The summed E-state index contributed by atoms with van der Waals surface area (Å²) >= 11 is 0. The maximum atomic E-state index is 11.8. The first-order valence-electron chi connectivity index (χ1n) is 7.07. The van der Waals surface area contributed by atoms with E-state index in [1.807, 2.05) is 19.9 Å². The number of carbonyl (C=O) groups is 1. The summed E-state index contributed by atoms with van der Waals surface area (Å²) < 4.78 is 5.17. The molecule has 6 heteroatoms. The number of aromatic nitrogens is 1. The standard InChI is InChI=1S/C16H18N2O4/c1-10(2)9-22-16(19)7-13-6-12-4-5-14(18(20)21)8-15(12)17-11(13)3/h4-6,8,10H,7,9H2,1-3H3. The van der Waals surface area contributed by atoms with Gasteiger partial charge in [-0.1, -0.05) is 13.8 Å².